The topological polar surface area (TPSA) is 32.3 Å². The lowest BCUT2D eigenvalue weighted by Crippen LogP contribution is -2.29. The van der Waals surface area contributed by atoms with Crippen LogP contribution in [-0.4, -0.2) is 30.9 Å². The Bertz CT molecular complexity index is 413. The molecular weight excluding hydrogens is 224 g/mol. The van der Waals surface area contributed by atoms with Crippen molar-refractivity contribution >= 4 is 11.6 Å². The van der Waals surface area contributed by atoms with E-state index in [0.717, 1.165) is 30.3 Å². The van der Waals surface area contributed by atoms with Crippen LogP contribution in [0.25, 0.3) is 0 Å². The van der Waals surface area contributed by atoms with Crippen molar-refractivity contribution in [2.45, 2.75) is 20.3 Å². The maximum Gasteiger partial charge on any atom is 0.253 e. The Hall–Kier alpha value is -1.51. The largest absolute Gasteiger partial charge is 0.385 e. The number of rotatable bonds is 5. The highest BCUT2D eigenvalue weighted by Crippen LogP contribution is 2.38. The molecule has 0 radical (unpaired) electrons. The molecule has 1 amide bonds. The third kappa shape index (κ3) is 3.03. The van der Waals surface area contributed by atoms with Gasteiger partial charge < -0.3 is 10.2 Å². The van der Waals surface area contributed by atoms with Crippen molar-refractivity contribution in [1.82, 2.24) is 4.90 Å². The monoisotopic (exact) mass is 246 g/mol. The first-order chi connectivity index (χ1) is 8.61. The second kappa shape index (κ2) is 5.42. The van der Waals surface area contributed by atoms with Crippen LogP contribution in [0.2, 0.25) is 0 Å². The molecule has 1 fully saturated rings. The molecule has 98 valence electrons. The molecule has 3 nitrogen and oxygen atoms in total. The second-order valence-corrected chi connectivity index (χ2v) is 5.27. The molecule has 3 heteroatoms. The van der Waals surface area contributed by atoms with Gasteiger partial charge in [0.05, 0.1) is 0 Å². The van der Waals surface area contributed by atoms with E-state index < -0.39 is 0 Å². The first kappa shape index (κ1) is 12.9. The van der Waals surface area contributed by atoms with Crippen LogP contribution in [0.15, 0.2) is 24.3 Å². The molecule has 0 saturated heterocycles. The average Bonchev–Trinajstić information content (AvgIpc) is 3.05. The lowest BCUT2D eigenvalue weighted by molar-refractivity contribution is 0.0787. The molecule has 1 aliphatic rings. The van der Waals surface area contributed by atoms with Gasteiger partial charge in [0.2, 0.25) is 0 Å². The normalized spacial score (nSPS) is 21.5. The van der Waals surface area contributed by atoms with Crippen LogP contribution in [-0.2, 0) is 0 Å². The van der Waals surface area contributed by atoms with Crippen LogP contribution in [0, 0.1) is 11.8 Å². The van der Waals surface area contributed by atoms with Crippen molar-refractivity contribution in [3.05, 3.63) is 29.8 Å². The van der Waals surface area contributed by atoms with Crippen molar-refractivity contribution in [2.75, 3.05) is 25.5 Å². The van der Waals surface area contributed by atoms with E-state index in [1.54, 1.807) is 0 Å². The van der Waals surface area contributed by atoms with Crippen LogP contribution in [0.3, 0.4) is 0 Å². The quantitative estimate of drug-likeness (QED) is 0.866. The van der Waals surface area contributed by atoms with E-state index in [9.17, 15) is 4.79 Å². The number of carbonyl (C=O) groups is 1. The van der Waals surface area contributed by atoms with E-state index in [1.807, 2.05) is 36.2 Å². The van der Waals surface area contributed by atoms with E-state index in [2.05, 4.69) is 19.2 Å². The van der Waals surface area contributed by atoms with Crippen LogP contribution < -0.4 is 5.32 Å². The summed E-state index contributed by atoms with van der Waals surface area (Å²) in [6, 6.07) is 7.72. The van der Waals surface area contributed by atoms with Gasteiger partial charge in [-0.15, -0.1) is 0 Å². The van der Waals surface area contributed by atoms with E-state index in [4.69, 9.17) is 0 Å². The maximum absolute atomic E-state index is 12.2. The summed E-state index contributed by atoms with van der Waals surface area (Å²) in [6.45, 7) is 6.08. The fraction of sp³-hybridized carbons (Fsp3) is 0.533. The molecule has 1 aromatic rings. The summed E-state index contributed by atoms with van der Waals surface area (Å²) in [7, 11) is 1.89. The highest BCUT2D eigenvalue weighted by Gasteiger charge is 2.34. The van der Waals surface area contributed by atoms with Gasteiger partial charge in [0.15, 0.2) is 0 Å². The Balaban J connectivity index is 1.94. The summed E-state index contributed by atoms with van der Waals surface area (Å²) >= 11 is 0. The minimum absolute atomic E-state index is 0.122. The van der Waals surface area contributed by atoms with Crippen molar-refractivity contribution in [3.8, 4) is 0 Å². The zero-order chi connectivity index (χ0) is 13.1. The molecule has 18 heavy (non-hydrogen) atoms. The lowest BCUT2D eigenvalue weighted by atomic mass is 10.1. The van der Waals surface area contributed by atoms with Gasteiger partial charge in [-0.2, -0.15) is 0 Å². The zero-order valence-corrected chi connectivity index (χ0v) is 11.4. The fourth-order valence-electron chi connectivity index (χ4n) is 2.24. The number of nitrogens with one attached hydrogen (secondary N) is 1. The Morgan fingerprint density at radius 2 is 2.00 bits per heavy atom. The van der Waals surface area contributed by atoms with Gasteiger partial charge >= 0.3 is 0 Å². The van der Waals surface area contributed by atoms with E-state index >= 15 is 0 Å². The van der Waals surface area contributed by atoms with Crippen LogP contribution >= 0.6 is 0 Å². The number of carbonyl (C=O) groups excluding carboxylic acids is 1. The van der Waals surface area contributed by atoms with Crippen molar-refractivity contribution < 1.29 is 4.79 Å². The van der Waals surface area contributed by atoms with Gasteiger partial charge in [-0.3, -0.25) is 4.79 Å². The first-order valence-electron chi connectivity index (χ1n) is 6.71. The molecule has 0 heterocycles. The van der Waals surface area contributed by atoms with Gasteiger partial charge in [-0.25, -0.2) is 0 Å². The minimum atomic E-state index is 0.122. The maximum atomic E-state index is 12.2. The number of hydrogen-bond donors (Lipinski definition) is 1. The van der Waals surface area contributed by atoms with Crippen molar-refractivity contribution in [2.24, 2.45) is 11.8 Å². The third-order valence-electron chi connectivity index (χ3n) is 3.64. The number of nitrogens with zero attached hydrogens (tertiary/aromatic N) is 1. The summed E-state index contributed by atoms with van der Waals surface area (Å²) in [5, 5.41) is 3.23. The number of benzene rings is 1. The number of anilines is 1. The minimum Gasteiger partial charge on any atom is -0.385 e. The summed E-state index contributed by atoms with van der Waals surface area (Å²) in [5.74, 6) is 1.62. The Morgan fingerprint density at radius 3 is 2.50 bits per heavy atom. The summed E-state index contributed by atoms with van der Waals surface area (Å²) in [4.78, 5) is 14.0. The van der Waals surface area contributed by atoms with E-state index in [0.29, 0.717) is 5.92 Å². The van der Waals surface area contributed by atoms with Crippen molar-refractivity contribution in [3.63, 3.8) is 0 Å². The SMILES string of the molecule is CCNc1ccc(C(=O)N(C)CC2CC2C)cc1. The van der Waals surface area contributed by atoms with Gasteiger partial charge in [0, 0.05) is 31.4 Å². The van der Waals surface area contributed by atoms with Gasteiger partial charge in [0.1, 0.15) is 0 Å². The summed E-state index contributed by atoms with van der Waals surface area (Å²) in [6.07, 6.45) is 1.26. The molecule has 2 rings (SSSR count). The van der Waals surface area contributed by atoms with Crippen LogP contribution in [0.1, 0.15) is 30.6 Å². The number of amides is 1. The molecule has 0 spiro atoms. The highest BCUT2D eigenvalue weighted by atomic mass is 16.2. The van der Waals surface area contributed by atoms with E-state index in [1.165, 1.54) is 6.42 Å². The Morgan fingerprint density at radius 1 is 1.39 bits per heavy atom. The predicted octanol–water partition coefficient (Wildman–Crippen LogP) is 2.85. The van der Waals surface area contributed by atoms with Crippen molar-refractivity contribution in [1.29, 1.82) is 0 Å². The molecule has 0 bridgehead atoms. The molecule has 1 aromatic carbocycles. The lowest BCUT2D eigenvalue weighted by Gasteiger charge is -2.17. The zero-order valence-electron chi connectivity index (χ0n) is 11.4. The fourth-order valence-corrected chi connectivity index (χ4v) is 2.24. The standard InChI is InChI=1S/C15H22N2O/c1-4-16-14-7-5-12(6-8-14)15(18)17(3)10-13-9-11(13)2/h5-8,11,13,16H,4,9-10H2,1-3H3. The molecule has 1 N–H and O–H groups in total. The summed E-state index contributed by atoms with van der Waals surface area (Å²) in [5.41, 5.74) is 1.83. The van der Waals surface area contributed by atoms with Crippen LogP contribution in [0.5, 0.6) is 0 Å². The first-order valence-corrected chi connectivity index (χ1v) is 6.71. The van der Waals surface area contributed by atoms with Gasteiger partial charge in [0.25, 0.3) is 5.91 Å². The van der Waals surface area contributed by atoms with Crippen LogP contribution in [0.4, 0.5) is 5.69 Å². The predicted molar refractivity (Wildman–Crippen MR) is 74.8 cm³/mol. The highest BCUT2D eigenvalue weighted by molar-refractivity contribution is 5.94. The molecular formula is C15H22N2O. The second-order valence-electron chi connectivity index (χ2n) is 5.27. The number of hydrogen-bond acceptors (Lipinski definition) is 2. The molecule has 2 unspecified atom stereocenters. The molecule has 1 saturated carbocycles. The molecule has 1 aliphatic carbocycles. The molecule has 2 atom stereocenters. The van der Waals surface area contributed by atoms with Gasteiger partial charge in [-0.1, -0.05) is 6.92 Å². The smallest absolute Gasteiger partial charge is 0.253 e. The molecule has 0 aromatic heterocycles. The third-order valence-corrected chi connectivity index (χ3v) is 3.64. The Labute approximate surface area is 109 Å². The van der Waals surface area contributed by atoms with E-state index in [-0.39, 0.29) is 5.91 Å². The molecule has 0 aliphatic heterocycles. The summed E-state index contributed by atoms with van der Waals surface area (Å²) < 4.78 is 0. The Kier molecular flexibility index (Phi) is 3.90. The van der Waals surface area contributed by atoms with Gasteiger partial charge in [-0.05, 0) is 49.4 Å². The average molecular weight is 246 g/mol.